The molecule has 1 saturated heterocycles. The Morgan fingerprint density at radius 1 is 1.14 bits per heavy atom. The number of nitrogens with zero attached hydrogens (tertiary/aromatic N) is 4. The van der Waals surface area contributed by atoms with Crippen LogP contribution in [0.5, 0.6) is 0 Å². The lowest BCUT2D eigenvalue weighted by atomic mass is 10.00. The van der Waals surface area contributed by atoms with Crippen molar-refractivity contribution >= 4 is 11.8 Å². The number of hydrogen-bond donors (Lipinski definition) is 1. The maximum absolute atomic E-state index is 4.61. The molecule has 5 heteroatoms. The first-order valence-corrected chi connectivity index (χ1v) is 7.53. The van der Waals surface area contributed by atoms with Gasteiger partial charge in [0.2, 0.25) is 5.95 Å². The Morgan fingerprint density at radius 3 is 2.76 bits per heavy atom. The fourth-order valence-electron chi connectivity index (χ4n) is 2.49. The zero-order valence-electron chi connectivity index (χ0n) is 12.4. The molecular weight excluding hydrogens is 262 g/mol. The van der Waals surface area contributed by atoms with Crippen molar-refractivity contribution in [2.24, 2.45) is 5.92 Å². The summed E-state index contributed by atoms with van der Waals surface area (Å²) in [5.41, 5.74) is 1.00. The topological polar surface area (TPSA) is 53.9 Å². The molecule has 1 aliphatic rings. The van der Waals surface area contributed by atoms with E-state index in [4.69, 9.17) is 0 Å². The minimum absolute atomic E-state index is 0.675. The van der Waals surface area contributed by atoms with Crippen LogP contribution in [-0.2, 0) is 6.54 Å². The van der Waals surface area contributed by atoms with E-state index in [0.717, 1.165) is 36.5 Å². The molecule has 1 N–H and O–H groups in total. The summed E-state index contributed by atoms with van der Waals surface area (Å²) in [4.78, 5) is 15.6. The molecule has 3 rings (SSSR count). The summed E-state index contributed by atoms with van der Waals surface area (Å²) in [6, 6.07) is 7.81. The molecule has 2 aromatic rings. The quantitative estimate of drug-likeness (QED) is 0.935. The van der Waals surface area contributed by atoms with Crippen LogP contribution in [0.15, 0.2) is 36.7 Å². The van der Waals surface area contributed by atoms with E-state index in [-0.39, 0.29) is 0 Å². The van der Waals surface area contributed by atoms with Gasteiger partial charge in [-0.2, -0.15) is 4.98 Å². The zero-order valence-corrected chi connectivity index (χ0v) is 12.4. The average molecular weight is 283 g/mol. The fraction of sp³-hybridized carbons (Fsp3) is 0.438. The highest BCUT2D eigenvalue weighted by Gasteiger charge is 2.17. The zero-order chi connectivity index (χ0) is 14.5. The van der Waals surface area contributed by atoms with Gasteiger partial charge in [0.05, 0.1) is 12.2 Å². The van der Waals surface area contributed by atoms with Gasteiger partial charge in [-0.1, -0.05) is 13.0 Å². The van der Waals surface area contributed by atoms with Crippen molar-refractivity contribution in [2.75, 3.05) is 23.3 Å². The first-order valence-electron chi connectivity index (χ1n) is 7.53. The van der Waals surface area contributed by atoms with Crippen molar-refractivity contribution < 1.29 is 0 Å². The van der Waals surface area contributed by atoms with E-state index < -0.39 is 0 Å². The number of anilines is 2. The van der Waals surface area contributed by atoms with Gasteiger partial charge in [-0.05, 0) is 37.0 Å². The van der Waals surface area contributed by atoms with E-state index in [9.17, 15) is 0 Å². The Labute approximate surface area is 125 Å². The molecule has 2 aromatic heterocycles. The van der Waals surface area contributed by atoms with Crippen LogP contribution in [0, 0.1) is 5.92 Å². The molecule has 3 heterocycles. The summed E-state index contributed by atoms with van der Waals surface area (Å²) in [7, 11) is 0. The molecule has 0 spiro atoms. The van der Waals surface area contributed by atoms with Crippen molar-refractivity contribution in [3.05, 3.63) is 42.4 Å². The fourth-order valence-corrected chi connectivity index (χ4v) is 2.49. The van der Waals surface area contributed by atoms with Gasteiger partial charge in [-0.15, -0.1) is 0 Å². The number of rotatable bonds is 4. The Bertz CT molecular complexity index is 564. The Hall–Kier alpha value is -2.17. The molecule has 1 fully saturated rings. The number of nitrogens with one attached hydrogen (secondary N) is 1. The average Bonchev–Trinajstić information content (AvgIpc) is 2.55. The first-order chi connectivity index (χ1) is 10.3. The van der Waals surface area contributed by atoms with Crippen molar-refractivity contribution in [1.82, 2.24) is 15.0 Å². The normalized spacial score (nSPS) is 16.0. The molecule has 1 aliphatic heterocycles. The lowest BCUT2D eigenvalue weighted by Crippen LogP contribution is -2.34. The van der Waals surface area contributed by atoms with Gasteiger partial charge in [0.15, 0.2) is 0 Å². The standard InChI is InChI=1S/C16H21N5/c1-13-6-10-21(11-7-13)16-18-9-5-15(20-16)19-12-14-4-2-3-8-17-14/h2-5,8-9,13H,6-7,10-12H2,1H3,(H,18,19,20). The lowest BCUT2D eigenvalue weighted by Gasteiger charge is -2.30. The minimum atomic E-state index is 0.675. The third-order valence-electron chi connectivity index (χ3n) is 3.89. The molecule has 0 saturated carbocycles. The summed E-state index contributed by atoms with van der Waals surface area (Å²) < 4.78 is 0. The van der Waals surface area contributed by atoms with E-state index in [1.165, 1.54) is 12.8 Å². The predicted octanol–water partition coefficient (Wildman–Crippen LogP) is 2.72. The van der Waals surface area contributed by atoms with Gasteiger partial charge in [-0.25, -0.2) is 4.98 Å². The molecule has 5 nitrogen and oxygen atoms in total. The Balaban J connectivity index is 1.63. The monoisotopic (exact) mass is 283 g/mol. The number of hydrogen-bond acceptors (Lipinski definition) is 5. The van der Waals surface area contributed by atoms with Gasteiger partial charge in [0, 0.05) is 25.5 Å². The molecule has 0 bridgehead atoms. The SMILES string of the molecule is CC1CCN(c2nccc(NCc3ccccn3)n2)CC1. The summed E-state index contributed by atoms with van der Waals surface area (Å²) >= 11 is 0. The Kier molecular flexibility index (Phi) is 4.28. The highest BCUT2D eigenvalue weighted by atomic mass is 15.3. The van der Waals surface area contributed by atoms with Crippen LogP contribution in [0.2, 0.25) is 0 Å². The highest BCUT2D eigenvalue weighted by molar-refractivity contribution is 5.41. The molecule has 110 valence electrons. The lowest BCUT2D eigenvalue weighted by molar-refractivity contribution is 0.434. The van der Waals surface area contributed by atoms with E-state index in [1.807, 2.05) is 30.5 Å². The van der Waals surface area contributed by atoms with Gasteiger partial charge >= 0.3 is 0 Å². The third-order valence-corrected chi connectivity index (χ3v) is 3.89. The molecule has 0 unspecified atom stereocenters. The van der Waals surface area contributed by atoms with E-state index in [0.29, 0.717) is 6.54 Å². The van der Waals surface area contributed by atoms with Crippen LogP contribution in [0.4, 0.5) is 11.8 Å². The van der Waals surface area contributed by atoms with Crippen LogP contribution in [-0.4, -0.2) is 28.0 Å². The van der Waals surface area contributed by atoms with Crippen LogP contribution in [0.1, 0.15) is 25.5 Å². The Morgan fingerprint density at radius 2 is 2.00 bits per heavy atom. The van der Waals surface area contributed by atoms with Crippen LogP contribution >= 0.6 is 0 Å². The van der Waals surface area contributed by atoms with Crippen LogP contribution < -0.4 is 10.2 Å². The van der Waals surface area contributed by atoms with E-state index in [2.05, 4.69) is 32.1 Å². The molecule has 0 atom stereocenters. The van der Waals surface area contributed by atoms with Crippen molar-refractivity contribution in [3.8, 4) is 0 Å². The van der Waals surface area contributed by atoms with Crippen molar-refractivity contribution in [2.45, 2.75) is 26.3 Å². The maximum atomic E-state index is 4.61. The first kappa shape index (κ1) is 13.8. The summed E-state index contributed by atoms with van der Waals surface area (Å²) in [5, 5.41) is 3.31. The third kappa shape index (κ3) is 3.68. The van der Waals surface area contributed by atoms with Crippen molar-refractivity contribution in [3.63, 3.8) is 0 Å². The maximum Gasteiger partial charge on any atom is 0.227 e. The van der Waals surface area contributed by atoms with Crippen LogP contribution in [0.25, 0.3) is 0 Å². The number of aromatic nitrogens is 3. The predicted molar refractivity (Wildman–Crippen MR) is 84.2 cm³/mol. The van der Waals surface area contributed by atoms with Gasteiger partial charge < -0.3 is 10.2 Å². The molecule has 0 radical (unpaired) electrons. The van der Waals surface area contributed by atoms with Crippen LogP contribution in [0.3, 0.4) is 0 Å². The van der Waals surface area contributed by atoms with E-state index in [1.54, 1.807) is 6.20 Å². The summed E-state index contributed by atoms with van der Waals surface area (Å²) in [6.45, 7) is 5.08. The molecule has 21 heavy (non-hydrogen) atoms. The van der Waals surface area contributed by atoms with Gasteiger partial charge in [0.1, 0.15) is 5.82 Å². The smallest absolute Gasteiger partial charge is 0.227 e. The molecular formula is C16H21N5. The number of piperidine rings is 1. The highest BCUT2D eigenvalue weighted by Crippen LogP contribution is 2.20. The molecule has 0 aromatic carbocycles. The molecule has 0 amide bonds. The minimum Gasteiger partial charge on any atom is -0.364 e. The molecule has 0 aliphatic carbocycles. The second-order valence-corrected chi connectivity index (χ2v) is 5.59. The summed E-state index contributed by atoms with van der Waals surface area (Å²) in [6.07, 6.45) is 6.06. The van der Waals surface area contributed by atoms with Crippen molar-refractivity contribution in [1.29, 1.82) is 0 Å². The summed E-state index contributed by atoms with van der Waals surface area (Å²) in [5.74, 6) is 2.49. The largest absolute Gasteiger partial charge is 0.364 e. The second-order valence-electron chi connectivity index (χ2n) is 5.59. The second kappa shape index (κ2) is 6.52. The van der Waals surface area contributed by atoms with E-state index >= 15 is 0 Å². The van der Waals surface area contributed by atoms with Gasteiger partial charge in [-0.3, -0.25) is 4.98 Å². The number of pyridine rings is 1. The van der Waals surface area contributed by atoms with Gasteiger partial charge in [0.25, 0.3) is 0 Å².